The van der Waals surface area contributed by atoms with Gasteiger partial charge in [0.05, 0.1) is 10.9 Å². The maximum absolute atomic E-state index is 12.5. The second-order valence-corrected chi connectivity index (χ2v) is 7.37. The van der Waals surface area contributed by atoms with E-state index >= 15 is 0 Å². The van der Waals surface area contributed by atoms with Crippen LogP contribution in [0.3, 0.4) is 0 Å². The van der Waals surface area contributed by atoms with E-state index in [0.717, 1.165) is 24.4 Å². The minimum Gasteiger partial charge on any atom is -0.358 e. The van der Waals surface area contributed by atoms with Crippen molar-refractivity contribution in [1.29, 1.82) is 0 Å². The van der Waals surface area contributed by atoms with Gasteiger partial charge >= 0.3 is 0 Å². The average molecular weight is 321 g/mol. The Labute approximate surface area is 135 Å². The lowest BCUT2D eigenvalue weighted by Crippen LogP contribution is -2.50. The Kier molecular flexibility index (Phi) is 4.23. The molecule has 2 aliphatic heterocycles. The Morgan fingerprint density at radius 2 is 2.14 bits per heavy atom. The zero-order valence-electron chi connectivity index (χ0n) is 13.3. The second kappa shape index (κ2) is 6.01. The smallest absolute Gasteiger partial charge is 0.263 e. The molecule has 2 fully saturated rings. The van der Waals surface area contributed by atoms with Crippen molar-refractivity contribution >= 4 is 23.2 Å². The molecule has 1 N–H and O–H groups in total. The Hall–Kier alpha value is -1.40. The summed E-state index contributed by atoms with van der Waals surface area (Å²) >= 11 is 1.49. The van der Waals surface area contributed by atoms with Crippen LogP contribution in [0.1, 0.15) is 29.9 Å². The van der Waals surface area contributed by atoms with E-state index in [0.29, 0.717) is 18.0 Å². The molecular formula is C16H23N3O2S. The zero-order chi connectivity index (χ0) is 15.9. The first-order chi connectivity index (χ1) is 10.5. The number of amides is 2. The Morgan fingerprint density at radius 3 is 2.73 bits per heavy atom. The van der Waals surface area contributed by atoms with Crippen LogP contribution in [-0.2, 0) is 4.79 Å². The highest BCUT2D eigenvalue weighted by Crippen LogP contribution is 2.37. The molecule has 3 heterocycles. The summed E-state index contributed by atoms with van der Waals surface area (Å²) in [6, 6.07) is 4.34. The quantitative estimate of drug-likeness (QED) is 0.916. The molecule has 120 valence electrons. The molecule has 0 radical (unpaired) electrons. The molecular weight excluding hydrogens is 298 g/mol. The number of likely N-dealkylation sites (tertiary alicyclic amines) is 2. The van der Waals surface area contributed by atoms with Gasteiger partial charge in [0, 0.05) is 32.2 Å². The van der Waals surface area contributed by atoms with E-state index in [1.807, 2.05) is 22.4 Å². The van der Waals surface area contributed by atoms with Gasteiger partial charge in [-0.2, -0.15) is 0 Å². The van der Waals surface area contributed by atoms with Crippen LogP contribution in [-0.4, -0.2) is 59.9 Å². The lowest BCUT2D eigenvalue weighted by molar-refractivity contribution is -0.126. The first-order valence-electron chi connectivity index (χ1n) is 7.84. The number of rotatable bonds is 3. The number of likely N-dealkylation sites (N-methyl/N-ethyl adjacent to an activating group) is 1. The summed E-state index contributed by atoms with van der Waals surface area (Å²) in [5.41, 5.74) is 0. The summed E-state index contributed by atoms with van der Waals surface area (Å²) in [6.07, 6.45) is 0.844. The molecule has 6 heteroatoms. The Balaban J connectivity index is 1.75. The molecule has 0 unspecified atom stereocenters. The Morgan fingerprint density at radius 1 is 1.36 bits per heavy atom. The van der Waals surface area contributed by atoms with E-state index in [9.17, 15) is 9.59 Å². The lowest BCUT2D eigenvalue weighted by Gasteiger charge is -2.33. The van der Waals surface area contributed by atoms with Crippen molar-refractivity contribution in [3.8, 4) is 0 Å². The van der Waals surface area contributed by atoms with Crippen LogP contribution in [0.5, 0.6) is 0 Å². The van der Waals surface area contributed by atoms with E-state index in [1.54, 1.807) is 7.05 Å². The standard InChI is InChI=1S/C16H23N3O2S/c1-10(2)19-12(15(20)17-3)7-11-8-18(9-13(11)19)16(21)14-5-4-6-22-14/h4-6,10-13H,7-9H2,1-3H3,(H,17,20)/t11-,12-,13+/m0/s1. The van der Waals surface area contributed by atoms with Crippen LogP contribution < -0.4 is 5.32 Å². The fraction of sp³-hybridized carbons (Fsp3) is 0.625. The van der Waals surface area contributed by atoms with Gasteiger partial charge in [-0.15, -0.1) is 11.3 Å². The molecule has 1 aromatic heterocycles. The van der Waals surface area contributed by atoms with E-state index in [2.05, 4.69) is 24.1 Å². The van der Waals surface area contributed by atoms with Gasteiger partial charge in [0.2, 0.25) is 5.91 Å². The van der Waals surface area contributed by atoms with Gasteiger partial charge < -0.3 is 10.2 Å². The molecule has 0 saturated carbocycles. The number of nitrogens with one attached hydrogen (secondary N) is 1. The van der Waals surface area contributed by atoms with Crippen molar-refractivity contribution in [3.05, 3.63) is 22.4 Å². The normalized spacial score (nSPS) is 28.2. The number of carbonyl (C=O) groups is 2. The summed E-state index contributed by atoms with van der Waals surface area (Å²) in [5, 5.41) is 4.71. The minimum absolute atomic E-state index is 0.0565. The highest BCUT2D eigenvalue weighted by Gasteiger charge is 2.50. The highest BCUT2D eigenvalue weighted by molar-refractivity contribution is 7.12. The molecule has 1 aromatic rings. The molecule has 0 spiro atoms. The molecule has 5 nitrogen and oxygen atoms in total. The monoisotopic (exact) mass is 321 g/mol. The average Bonchev–Trinajstić information content (AvgIpc) is 3.19. The highest BCUT2D eigenvalue weighted by atomic mass is 32.1. The molecule has 22 heavy (non-hydrogen) atoms. The van der Waals surface area contributed by atoms with E-state index in [1.165, 1.54) is 11.3 Å². The van der Waals surface area contributed by atoms with Crippen LogP contribution in [0.4, 0.5) is 0 Å². The maximum Gasteiger partial charge on any atom is 0.263 e. The van der Waals surface area contributed by atoms with Crippen molar-refractivity contribution in [2.75, 3.05) is 20.1 Å². The third-order valence-corrected chi connectivity index (χ3v) is 5.70. The third kappa shape index (κ3) is 2.54. The van der Waals surface area contributed by atoms with Crippen molar-refractivity contribution in [2.45, 2.75) is 38.4 Å². The zero-order valence-corrected chi connectivity index (χ0v) is 14.1. The van der Waals surface area contributed by atoms with Gasteiger partial charge in [-0.25, -0.2) is 0 Å². The predicted octanol–water partition coefficient (Wildman–Crippen LogP) is 1.42. The van der Waals surface area contributed by atoms with Crippen LogP contribution in [0.15, 0.2) is 17.5 Å². The lowest BCUT2D eigenvalue weighted by atomic mass is 10.0. The molecule has 2 aliphatic rings. The second-order valence-electron chi connectivity index (χ2n) is 6.42. The van der Waals surface area contributed by atoms with Crippen molar-refractivity contribution in [1.82, 2.24) is 15.1 Å². The summed E-state index contributed by atoms with van der Waals surface area (Å²) < 4.78 is 0. The van der Waals surface area contributed by atoms with Gasteiger partial charge in [0.15, 0.2) is 0 Å². The van der Waals surface area contributed by atoms with Gasteiger partial charge in [0.1, 0.15) is 0 Å². The number of fused-ring (bicyclic) bond motifs is 1. The maximum atomic E-state index is 12.5. The number of nitrogens with zero attached hydrogens (tertiary/aromatic N) is 2. The Bertz CT molecular complexity index is 558. The fourth-order valence-corrected chi connectivity index (χ4v) is 4.63. The number of hydrogen-bond acceptors (Lipinski definition) is 4. The number of hydrogen-bond donors (Lipinski definition) is 1. The largest absolute Gasteiger partial charge is 0.358 e. The predicted molar refractivity (Wildman–Crippen MR) is 86.9 cm³/mol. The SMILES string of the molecule is CNC(=O)[C@@H]1C[C@H]2CN(C(=O)c3cccs3)C[C@H]2N1C(C)C. The third-order valence-electron chi connectivity index (χ3n) is 4.84. The van der Waals surface area contributed by atoms with Gasteiger partial charge in [-0.3, -0.25) is 14.5 Å². The summed E-state index contributed by atoms with van der Waals surface area (Å²) in [7, 11) is 1.70. The minimum atomic E-state index is -0.0565. The fourth-order valence-electron chi connectivity index (χ4n) is 3.94. The molecule has 2 saturated heterocycles. The molecule has 3 rings (SSSR count). The van der Waals surface area contributed by atoms with E-state index in [-0.39, 0.29) is 17.9 Å². The van der Waals surface area contributed by atoms with E-state index in [4.69, 9.17) is 0 Å². The topological polar surface area (TPSA) is 52.7 Å². The molecule has 0 aliphatic carbocycles. The van der Waals surface area contributed by atoms with Crippen LogP contribution in [0, 0.1) is 5.92 Å². The van der Waals surface area contributed by atoms with Crippen LogP contribution >= 0.6 is 11.3 Å². The molecule has 3 atom stereocenters. The van der Waals surface area contributed by atoms with E-state index < -0.39 is 0 Å². The molecule has 0 bridgehead atoms. The van der Waals surface area contributed by atoms with Crippen molar-refractivity contribution < 1.29 is 9.59 Å². The summed E-state index contributed by atoms with van der Waals surface area (Å²) in [4.78, 5) is 29.7. The number of thiophene rings is 1. The van der Waals surface area contributed by atoms with Crippen molar-refractivity contribution in [3.63, 3.8) is 0 Å². The first kappa shape index (κ1) is 15.5. The van der Waals surface area contributed by atoms with Crippen LogP contribution in [0.25, 0.3) is 0 Å². The summed E-state index contributed by atoms with van der Waals surface area (Å²) in [6.45, 7) is 5.75. The van der Waals surface area contributed by atoms with Crippen LogP contribution in [0.2, 0.25) is 0 Å². The number of carbonyl (C=O) groups excluding carboxylic acids is 2. The van der Waals surface area contributed by atoms with Gasteiger partial charge in [0.25, 0.3) is 5.91 Å². The molecule has 2 amide bonds. The molecule has 0 aromatic carbocycles. The van der Waals surface area contributed by atoms with Gasteiger partial charge in [-0.05, 0) is 37.6 Å². The summed E-state index contributed by atoms with van der Waals surface area (Å²) in [5.74, 6) is 0.623. The first-order valence-corrected chi connectivity index (χ1v) is 8.72. The van der Waals surface area contributed by atoms with Gasteiger partial charge in [-0.1, -0.05) is 6.07 Å². The van der Waals surface area contributed by atoms with Crippen molar-refractivity contribution in [2.24, 2.45) is 5.92 Å².